The lowest BCUT2D eigenvalue weighted by Gasteiger charge is -2.23. The van der Waals surface area contributed by atoms with Crippen molar-refractivity contribution in [2.24, 2.45) is 0 Å². The molecule has 0 saturated carbocycles. The van der Waals surface area contributed by atoms with Crippen LogP contribution in [-0.4, -0.2) is 34.7 Å². The molecule has 0 bridgehead atoms. The van der Waals surface area contributed by atoms with Crippen LogP contribution in [0.3, 0.4) is 0 Å². The van der Waals surface area contributed by atoms with Gasteiger partial charge in [0.2, 0.25) is 6.41 Å². The van der Waals surface area contributed by atoms with Gasteiger partial charge >= 0.3 is 5.97 Å². The second-order valence-corrected chi connectivity index (χ2v) is 3.36. The lowest BCUT2D eigenvalue weighted by atomic mass is 10.2. The van der Waals surface area contributed by atoms with Crippen LogP contribution in [0.5, 0.6) is 0 Å². The van der Waals surface area contributed by atoms with Crippen molar-refractivity contribution in [2.75, 3.05) is 6.54 Å². The summed E-state index contributed by atoms with van der Waals surface area (Å²) in [7, 11) is 0. The van der Waals surface area contributed by atoms with Crippen molar-refractivity contribution in [3.63, 3.8) is 0 Å². The molecule has 0 radical (unpaired) electrons. The van der Waals surface area contributed by atoms with Crippen LogP contribution in [0.1, 0.15) is 20.8 Å². The summed E-state index contributed by atoms with van der Waals surface area (Å²) in [4.78, 5) is 10.0. The fraction of sp³-hybridized carbons (Fsp3) is 0.857. The second-order valence-electron chi connectivity index (χ2n) is 3.36. The largest absolute Gasteiger partial charge is 0.480 e. The van der Waals surface area contributed by atoms with E-state index in [-0.39, 0.29) is 6.54 Å². The van der Waals surface area contributed by atoms with Crippen LogP contribution in [0.4, 0.5) is 0 Å². The standard InChI is InChI=1S/C7H15NO4/c1-7(2,3)12-6(11)8-4-5(9)10/h6,8,11H,4H2,1-3H3,(H,9,10). The molecule has 0 amide bonds. The zero-order valence-corrected chi connectivity index (χ0v) is 7.50. The van der Waals surface area contributed by atoms with E-state index in [1.807, 2.05) is 0 Å². The van der Waals surface area contributed by atoms with E-state index in [4.69, 9.17) is 14.9 Å². The highest BCUT2D eigenvalue weighted by atomic mass is 16.6. The molecule has 0 saturated heterocycles. The Balaban J connectivity index is 3.60. The second kappa shape index (κ2) is 4.39. The van der Waals surface area contributed by atoms with Crippen molar-refractivity contribution in [1.29, 1.82) is 0 Å². The quantitative estimate of drug-likeness (QED) is 0.516. The summed E-state index contributed by atoms with van der Waals surface area (Å²) >= 11 is 0. The van der Waals surface area contributed by atoms with E-state index < -0.39 is 18.0 Å². The van der Waals surface area contributed by atoms with Gasteiger partial charge in [0.25, 0.3) is 0 Å². The average Bonchev–Trinajstić information content (AvgIpc) is 1.79. The number of carboxylic acids is 1. The summed E-state index contributed by atoms with van der Waals surface area (Å²) in [5.41, 5.74) is -0.495. The highest BCUT2D eigenvalue weighted by Crippen LogP contribution is 2.07. The maximum Gasteiger partial charge on any atom is 0.317 e. The highest BCUT2D eigenvalue weighted by Gasteiger charge is 2.16. The number of hydrogen-bond acceptors (Lipinski definition) is 4. The molecular weight excluding hydrogens is 162 g/mol. The summed E-state index contributed by atoms with van der Waals surface area (Å²) in [5, 5.41) is 19.5. The first-order valence-corrected chi connectivity index (χ1v) is 3.62. The van der Waals surface area contributed by atoms with E-state index in [1.54, 1.807) is 20.8 Å². The SMILES string of the molecule is CC(C)(C)OC(O)NCC(=O)O. The first-order chi connectivity index (χ1) is 5.31. The zero-order chi connectivity index (χ0) is 9.78. The van der Waals surface area contributed by atoms with Gasteiger partial charge in [0.1, 0.15) is 0 Å². The highest BCUT2D eigenvalue weighted by molar-refractivity contribution is 5.68. The smallest absolute Gasteiger partial charge is 0.317 e. The molecule has 0 aliphatic heterocycles. The van der Waals surface area contributed by atoms with Crippen molar-refractivity contribution >= 4 is 5.97 Å². The number of ether oxygens (including phenoxy) is 1. The monoisotopic (exact) mass is 177 g/mol. The van der Waals surface area contributed by atoms with Crippen LogP contribution in [-0.2, 0) is 9.53 Å². The van der Waals surface area contributed by atoms with Gasteiger partial charge in [-0.05, 0) is 20.8 Å². The van der Waals surface area contributed by atoms with Gasteiger partial charge in [0.15, 0.2) is 0 Å². The molecule has 0 aliphatic rings. The van der Waals surface area contributed by atoms with Crippen LogP contribution < -0.4 is 5.32 Å². The van der Waals surface area contributed by atoms with E-state index in [9.17, 15) is 4.79 Å². The first kappa shape index (κ1) is 11.4. The first-order valence-electron chi connectivity index (χ1n) is 3.62. The lowest BCUT2D eigenvalue weighted by Crippen LogP contribution is -2.40. The molecule has 0 aromatic heterocycles. The number of aliphatic carboxylic acids is 1. The zero-order valence-electron chi connectivity index (χ0n) is 7.50. The van der Waals surface area contributed by atoms with Crippen molar-refractivity contribution in [3.05, 3.63) is 0 Å². The molecule has 0 heterocycles. The lowest BCUT2D eigenvalue weighted by molar-refractivity contribution is -0.183. The third-order valence-electron chi connectivity index (χ3n) is 0.893. The summed E-state index contributed by atoms with van der Waals surface area (Å²) in [6, 6.07) is 0. The fourth-order valence-electron chi connectivity index (χ4n) is 0.551. The van der Waals surface area contributed by atoms with Gasteiger partial charge < -0.3 is 14.9 Å². The number of nitrogens with one attached hydrogen (secondary N) is 1. The van der Waals surface area contributed by atoms with Crippen LogP contribution in [0, 0.1) is 0 Å². The van der Waals surface area contributed by atoms with E-state index >= 15 is 0 Å². The molecule has 0 fully saturated rings. The van der Waals surface area contributed by atoms with Crippen molar-refractivity contribution in [1.82, 2.24) is 5.32 Å². The molecule has 0 aromatic rings. The minimum atomic E-state index is -1.24. The number of aliphatic hydroxyl groups is 1. The minimum absolute atomic E-state index is 0.322. The summed E-state index contributed by atoms with van der Waals surface area (Å²) in [6.07, 6.45) is -1.24. The molecule has 72 valence electrons. The van der Waals surface area contributed by atoms with Crippen molar-refractivity contribution < 1.29 is 19.7 Å². The number of carbonyl (C=O) groups is 1. The molecule has 1 atom stereocenters. The average molecular weight is 177 g/mol. The summed E-state index contributed by atoms with van der Waals surface area (Å²) in [5.74, 6) is -1.04. The Bertz CT molecular complexity index is 152. The Kier molecular flexibility index (Phi) is 4.16. The van der Waals surface area contributed by atoms with E-state index in [0.29, 0.717) is 0 Å². The molecule has 0 rings (SSSR count). The van der Waals surface area contributed by atoms with Crippen molar-refractivity contribution in [3.8, 4) is 0 Å². The number of hydrogen-bond donors (Lipinski definition) is 3. The van der Waals surface area contributed by atoms with E-state index in [0.717, 1.165) is 0 Å². The predicted molar refractivity (Wildman–Crippen MR) is 42.5 cm³/mol. The maximum atomic E-state index is 10.0. The summed E-state index contributed by atoms with van der Waals surface area (Å²) in [6.45, 7) is 4.97. The van der Waals surface area contributed by atoms with Gasteiger partial charge in [-0.15, -0.1) is 0 Å². The van der Waals surface area contributed by atoms with E-state index in [1.165, 1.54) is 0 Å². The maximum absolute atomic E-state index is 10.0. The minimum Gasteiger partial charge on any atom is -0.480 e. The normalized spacial score (nSPS) is 14.3. The summed E-state index contributed by atoms with van der Waals surface area (Å²) < 4.78 is 4.97. The fourth-order valence-corrected chi connectivity index (χ4v) is 0.551. The molecule has 0 spiro atoms. The Morgan fingerprint density at radius 3 is 2.42 bits per heavy atom. The third kappa shape index (κ3) is 7.46. The number of rotatable bonds is 4. The molecule has 0 aliphatic carbocycles. The number of aliphatic hydroxyl groups excluding tert-OH is 1. The van der Waals surface area contributed by atoms with Crippen LogP contribution in [0.15, 0.2) is 0 Å². The van der Waals surface area contributed by atoms with E-state index in [2.05, 4.69) is 5.32 Å². The topological polar surface area (TPSA) is 78.8 Å². The van der Waals surface area contributed by atoms with Gasteiger partial charge in [0.05, 0.1) is 12.1 Å². The number of carboxylic acid groups (broad SMARTS) is 1. The Labute approximate surface area is 71.3 Å². The molecule has 0 aromatic carbocycles. The van der Waals surface area contributed by atoms with Crippen LogP contribution in [0.2, 0.25) is 0 Å². The molecule has 5 heteroatoms. The van der Waals surface area contributed by atoms with Crippen LogP contribution in [0.25, 0.3) is 0 Å². The van der Waals surface area contributed by atoms with Crippen LogP contribution >= 0.6 is 0 Å². The Morgan fingerprint density at radius 1 is 1.58 bits per heavy atom. The van der Waals surface area contributed by atoms with Gasteiger partial charge in [-0.2, -0.15) is 0 Å². The van der Waals surface area contributed by atoms with Gasteiger partial charge in [-0.3, -0.25) is 10.1 Å². The molecule has 5 nitrogen and oxygen atoms in total. The molecule has 3 N–H and O–H groups in total. The van der Waals surface area contributed by atoms with Crippen molar-refractivity contribution in [2.45, 2.75) is 32.8 Å². The molecule has 1 unspecified atom stereocenters. The van der Waals surface area contributed by atoms with Gasteiger partial charge in [-0.25, -0.2) is 0 Å². The predicted octanol–water partition coefficient (Wildman–Crippen LogP) is -0.248. The van der Waals surface area contributed by atoms with Gasteiger partial charge in [-0.1, -0.05) is 0 Å². The Hall–Kier alpha value is -0.650. The van der Waals surface area contributed by atoms with Gasteiger partial charge in [0, 0.05) is 0 Å². The Morgan fingerprint density at radius 2 is 2.08 bits per heavy atom. The third-order valence-corrected chi connectivity index (χ3v) is 0.893. The molecular formula is C7H15NO4. The molecule has 12 heavy (non-hydrogen) atoms.